The van der Waals surface area contributed by atoms with Gasteiger partial charge in [0.05, 0.1) is 6.04 Å². The van der Waals surface area contributed by atoms with Crippen LogP contribution in [0.4, 0.5) is 0 Å². The summed E-state index contributed by atoms with van der Waals surface area (Å²) in [5.74, 6) is 0.791. The average molecular weight is 374 g/mol. The summed E-state index contributed by atoms with van der Waals surface area (Å²) in [6, 6.07) is 10.8. The van der Waals surface area contributed by atoms with Crippen molar-refractivity contribution in [2.45, 2.75) is 44.8 Å². The standard InChI is InChI=1S/C18H27N3O.2ClH/c1-14-10-16(11-19)13-21(14)18(22)17-8-5-9-20(17)12-15-6-3-2-4-7-15;;/h2-4,6-7,14,16-17H,5,8-13,19H2,1H3;2*1H. The smallest absolute Gasteiger partial charge is 0.240 e. The molecule has 2 saturated heterocycles. The van der Waals surface area contributed by atoms with Crippen molar-refractivity contribution in [3.63, 3.8) is 0 Å². The predicted octanol–water partition coefficient (Wildman–Crippen LogP) is 2.69. The van der Waals surface area contributed by atoms with E-state index in [1.54, 1.807) is 0 Å². The molecule has 0 spiro atoms. The predicted molar refractivity (Wildman–Crippen MR) is 103 cm³/mol. The molecule has 0 aliphatic carbocycles. The molecule has 2 fully saturated rings. The van der Waals surface area contributed by atoms with E-state index >= 15 is 0 Å². The van der Waals surface area contributed by atoms with Gasteiger partial charge in [0.25, 0.3) is 0 Å². The van der Waals surface area contributed by atoms with Crippen LogP contribution in [0.15, 0.2) is 30.3 Å². The average Bonchev–Trinajstić information content (AvgIpc) is 3.14. The zero-order chi connectivity index (χ0) is 15.5. The summed E-state index contributed by atoms with van der Waals surface area (Å²) in [4.78, 5) is 17.4. The van der Waals surface area contributed by atoms with E-state index in [1.165, 1.54) is 5.56 Å². The van der Waals surface area contributed by atoms with Crippen molar-refractivity contribution < 1.29 is 4.79 Å². The van der Waals surface area contributed by atoms with Crippen molar-refractivity contribution in [2.75, 3.05) is 19.6 Å². The molecule has 1 aromatic rings. The number of carbonyl (C=O) groups excluding carboxylic acids is 1. The van der Waals surface area contributed by atoms with Crippen LogP contribution in [0.5, 0.6) is 0 Å². The molecule has 0 aromatic heterocycles. The Hall–Kier alpha value is -0.810. The van der Waals surface area contributed by atoms with Gasteiger partial charge in [-0.1, -0.05) is 30.3 Å². The lowest BCUT2D eigenvalue weighted by molar-refractivity contribution is -0.136. The Morgan fingerprint density at radius 3 is 2.58 bits per heavy atom. The highest BCUT2D eigenvalue weighted by atomic mass is 35.5. The number of likely N-dealkylation sites (tertiary alicyclic amines) is 2. The van der Waals surface area contributed by atoms with E-state index in [-0.39, 0.29) is 30.9 Å². The van der Waals surface area contributed by atoms with E-state index in [1.807, 2.05) is 6.07 Å². The molecule has 0 radical (unpaired) electrons. The lowest BCUT2D eigenvalue weighted by Gasteiger charge is -2.30. The highest BCUT2D eigenvalue weighted by molar-refractivity contribution is 5.85. The number of benzene rings is 1. The highest BCUT2D eigenvalue weighted by Crippen LogP contribution is 2.27. The third-order valence-corrected chi connectivity index (χ3v) is 5.16. The minimum atomic E-state index is 0. The monoisotopic (exact) mass is 373 g/mol. The zero-order valence-corrected chi connectivity index (χ0v) is 15.9. The summed E-state index contributed by atoms with van der Waals surface area (Å²) < 4.78 is 0. The summed E-state index contributed by atoms with van der Waals surface area (Å²) in [5.41, 5.74) is 7.08. The number of carbonyl (C=O) groups is 1. The lowest BCUT2D eigenvalue weighted by atomic mass is 10.1. The molecule has 3 unspecified atom stereocenters. The maximum atomic E-state index is 13.0. The lowest BCUT2D eigenvalue weighted by Crippen LogP contribution is -2.46. The van der Waals surface area contributed by atoms with Gasteiger partial charge in [-0.25, -0.2) is 0 Å². The molecule has 2 aliphatic rings. The van der Waals surface area contributed by atoms with Crippen LogP contribution in [0.1, 0.15) is 31.7 Å². The van der Waals surface area contributed by atoms with Crippen LogP contribution in [0, 0.1) is 5.92 Å². The van der Waals surface area contributed by atoms with Gasteiger partial charge in [-0.05, 0) is 50.8 Å². The summed E-state index contributed by atoms with van der Waals surface area (Å²) in [7, 11) is 0. The molecule has 3 atom stereocenters. The zero-order valence-electron chi connectivity index (χ0n) is 14.3. The molecule has 4 nitrogen and oxygen atoms in total. The fourth-order valence-corrected chi connectivity index (χ4v) is 3.92. The number of hydrogen-bond donors (Lipinski definition) is 1. The largest absolute Gasteiger partial charge is 0.338 e. The number of halogens is 2. The van der Waals surface area contributed by atoms with Gasteiger partial charge in [0, 0.05) is 19.1 Å². The maximum absolute atomic E-state index is 13.0. The van der Waals surface area contributed by atoms with Gasteiger partial charge in [-0.3, -0.25) is 9.69 Å². The SMILES string of the molecule is CC1CC(CN)CN1C(=O)C1CCCN1Cc1ccccc1.Cl.Cl. The minimum absolute atomic E-state index is 0. The van der Waals surface area contributed by atoms with Crippen molar-refractivity contribution >= 4 is 30.7 Å². The number of amides is 1. The van der Waals surface area contributed by atoms with Crippen LogP contribution >= 0.6 is 24.8 Å². The van der Waals surface area contributed by atoms with Crippen molar-refractivity contribution in [3.8, 4) is 0 Å². The minimum Gasteiger partial charge on any atom is -0.338 e. The Morgan fingerprint density at radius 2 is 1.96 bits per heavy atom. The second-order valence-electron chi connectivity index (χ2n) is 6.79. The molecule has 2 aliphatic heterocycles. The molecule has 24 heavy (non-hydrogen) atoms. The van der Waals surface area contributed by atoms with Gasteiger partial charge in [0.2, 0.25) is 5.91 Å². The van der Waals surface area contributed by atoms with Crippen molar-refractivity contribution in [1.82, 2.24) is 9.80 Å². The molecular weight excluding hydrogens is 345 g/mol. The molecule has 1 amide bonds. The van der Waals surface area contributed by atoms with Gasteiger partial charge >= 0.3 is 0 Å². The summed E-state index contributed by atoms with van der Waals surface area (Å²) in [6.07, 6.45) is 3.15. The molecule has 6 heteroatoms. The Kier molecular flexibility index (Phi) is 8.51. The number of rotatable bonds is 4. The second kappa shape index (κ2) is 9.62. The Morgan fingerprint density at radius 1 is 1.25 bits per heavy atom. The van der Waals surface area contributed by atoms with E-state index < -0.39 is 0 Å². The van der Waals surface area contributed by atoms with E-state index in [4.69, 9.17) is 5.73 Å². The fourth-order valence-electron chi connectivity index (χ4n) is 3.92. The second-order valence-corrected chi connectivity index (χ2v) is 6.79. The van der Waals surface area contributed by atoms with Crippen LogP contribution in [-0.2, 0) is 11.3 Å². The molecule has 3 rings (SSSR count). The van der Waals surface area contributed by atoms with Crippen LogP contribution < -0.4 is 5.73 Å². The first-order valence-corrected chi connectivity index (χ1v) is 8.47. The quantitative estimate of drug-likeness (QED) is 0.882. The Bertz CT molecular complexity index is 514. The molecule has 2 heterocycles. The van der Waals surface area contributed by atoms with E-state index in [2.05, 4.69) is 41.0 Å². The number of nitrogens with two attached hydrogens (primary N) is 1. The summed E-state index contributed by atoms with van der Waals surface area (Å²) >= 11 is 0. The number of nitrogens with zero attached hydrogens (tertiary/aromatic N) is 2. The molecule has 1 aromatic carbocycles. The van der Waals surface area contributed by atoms with Crippen molar-refractivity contribution in [2.24, 2.45) is 11.7 Å². The van der Waals surface area contributed by atoms with E-state index in [9.17, 15) is 4.79 Å². The van der Waals surface area contributed by atoms with E-state index in [0.29, 0.717) is 24.4 Å². The van der Waals surface area contributed by atoms with Crippen LogP contribution in [0.2, 0.25) is 0 Å². The molecule has 0 bridgehead atoms. The van der Waals surface area contributed by atoms with Gasteiger partial charge in [-0.15, -0.1) is 24.8 Å². The first kappa shape index (κ1) is 21.2. The van der Waals surface area contributed by atoms with Crippen molar-refractivity contribution in [1.29, 1.82) is 0 Å². The third kappa shape index (κ3) is 4.63. The first-order chi connectivity index (χ1) is 10.7. The van der Waals surface area contributed by atoms with Gasteiger partial charge in [-0.2, -0.15) is 0 Å². The van der Waals surface area contributed by atoms with Gasteiger partial charge in [0.15, 0.2) is 0 Å². The molecular formula is C18H29Cl2N3O. The Balaban J connectivity index is 0.00000144. The van der Waals surface area contributed by atoms with Crippen LogP contribution in [-0.4, -0.2) is 47.4 Å². The van der Waals surface area contributed by atoms with Crippen LogP contribution in [0.3, 0.4) is 0 Å². The van der Waals surface area contributed by atoms with E-state index in [0.717, 1.165) is 38.9 Å². The Labute approximate surface area is 157 Å². The third-order valence-electron chi connectivity index (χ3n) is 5.16. The highest BCUT2D eigenvalue weighted by Gasteiger charge is 2.39. The van der Waals surface area contributed by atoms with Gasteiger partial charge < -0.3 is 10.6 Å². The normalized spacial score (nSPS) is 26.8. The first-order valence-electron chi connectivity index (χ1n) is 8.47. The summed E-state index contributed by atoms with van der Waals surface area (Å²) in [6.45, 7) is 5.58. The fraction of sp³-hybridized carbons (Fsp3) is 0.611. The maximum Gasteiger partial charge on any atom is 0.240 e. The van der Waals surface area contributed by atoms with Crippen molar-refractivity contribution in [3.05, 3.63) is 35.9 Å². The molecule has 2 N–H and O–H groups in total. The molecule has 0 saturated carbocycles. The number of hydrogen-bond acceptors (Lipinski definition) is 3. The van der Waals surface area contributed by atoms with Crippen LogP contribution in [0.25, 0.3) is 0 Å². The summed E-state index contributed by atoms with van der Waals surface area (Å²) in [5, 5.41) is 0. The molecule has 136 valence electrons. The van der Waals surface area contributed by atoms with Gasteiger partial charge in [0.1, 0.15) is 0 Å². The topological polar surface area (TPSA) is 49.6 Å².